The molecule has 6 aromatic rings. The lowest BCUT2D eigenvalue weighted by Crippen LogP contribution is -2.18. The number of carbonyl (C=O) groups excluding carboxylic acids is 2. The molecule has 0 fully saturated rings. The molecular weight excluding hydrogens is 592 g/mol. The Bertz CT molecular complexity index is 2000. The molecule has 6 rings (SSSR count). The molecule has 48 heavy (non-hydrogen) atoms. The number of ether oxygens (including phenoxy) is 2. The highest BCUT2D eigenvalue weighted by Gasteiger charge is 2.23. The van der Waals surface area contributed by atoms with Crippen molar-refractivity contribution >= 4 is 11.6 Å². The molecule has 0 bridgehead atoms. The van der Waals surface area contributed by atoms with E-state index in [2.05, 4.69) is 45.0 Å². The van der Waals surface area contributed by atoms with E-state index in [-0.39, 0.29) is 17.0 Å². The number of hydrogen-bond donors (Lipinski definition) is 0. The smallest absolute Gasteiger partial charge is 0.193 e. The first-order chi connectivity index (χ1) is 23.2. The summed E-state index contributed by atoms with van der Waals surface area (Å²) in [7, 11) is 0. The van der Waals surface area contributed by atoms with Gasteiger partial charge >= 0.3 is 0 Å². The Morgan fingerprint density at radius 1 is 0.458 bits per heavy atom. The second-order valence-corrected chi connectivity index (χ2v) is 12.5. The lowest BCUT2D eigenvalue weighted by atomic mass is 9.78. The highest BCUT2D eigenvalue weighted by atomic mass is 16.5. The summed E-state index contributed by atoms with van der Waals surface area (Å²) in [5.74, 6) is 2.77. The van der Waals surface area contributed by atoms with Crippen molar-refractivity contribution in [1.29, 1.82) is 0 Å². The van der Waals surface area contributed by atoms with Gasteiger partial charge < -0.3 is 9.47 Å². The molecule has 0 heterocycles. The van der Waals surface area contributed by atoms with Gasteiger partial charge in [0.15, 0.2) is 11.6 Å². The molecule has 0 saturated heterocycles. The normalized spacial score (nSPS) is 11.2. The number of rotatable bonds is 11. The first-order valence-corrected chi connectivity index (χ1v) is 16.2. The van der Waals surface area contributed by atoms with Crippen molar-refractivity contribution in [1.82, 2.24) is 0 Å². The number of aryl methyl sites for hydroxylation is 2. The molecule has 4 heteroatoms. The van der Waals surface area contributed by atoms with Crippen LogP contribution in [-0.2, 0) is 11.8 Å². The average molecular weight is 631 g/mol. The van der Waals surface area contributed by atoms with Gasteiger partial charge in [0.1, 0.15) is 23.0 Å². The van der Waals surface area contributed by atoms with E-state index in [1.54, 1.807) is 24.3 Å². The van der Waals surface area contributed by atoms with Crippen molar-refractivity contribution in [2.45, 2.75) is 39.5 Å². The van der Waals surface area contributed by atoms with Crippen molar-refractivity contribution in [2.24, 2.45) is 0 Å². The van der Waals surface area contributed by atoms with Gasteiger partial charge in [0.05, 0.1) is 0 Å². The molecule has 0 atom stereocenters. The third-order valence-electron chi connectivity index (χ3n) is 8.79. The average Bonchev–Trinajstić information content (AvgIpc) is 3.12. The molecule has 0 N–H and O–H groups in total. The van der Waals surface area contributed by atoms with Gasteiger partial charge in [-0.1, -0.05) is 99.1 Å². The van der Waals surface area contributed by atoms with Crippen LogP contribution in [0.4, 0.5) is 0 Å². The molecule has 0 aliphatic carbocycles. The monoisotopic (exact) mass is 630 g/mol. The van der Waals surface area contributed by atoms with Crippen molar-refractivity contribution < 1.29 is 19.1 Å². The van der Waals surface area contributed by atoms with E-state index in [1.807, 2.05) is 104 Å². The Kier molecular flexibility index (Phi) is 9.36. The molecule has 0 aromatic heterocycles. The van der Waals surface area contributed by atoms with E-state index in [0.717, 1.165) is 34.6 Å². The minimum Gasteiger partial charge on any atom is -0.457 e. The van der Waals surface area contributed by atoms with Gasteiger partial charge in [-0.05, 0) is 103 Å². The Morgan fingerprint density at radius 3 is 1.08 bits per heavy atom. The van der Waals surface area contributed by atoms with Crippen molar-refractivity contribution in [3.8, 4) is 23.0 Å². The summed E-state index contributed by atoms with van der Waals surface area (Å²) in [5.41, 5.74) is 6.97. The molecule has 0 amide bonds. The van der Waals surface area contributed by atoms with Crippen LogP contribution in [0.3, 0.4) is 0 Å². The third kappa shape index (κ3) is 7.29. The van der Waals surface area contributed by atoms with Crippen molar-refractivity contribution in [3.05, 3.63) is 190 Å². The zero-order valence-corrected chi connectivity index (χ0v) is 27.7. The largest absolute Gasteiger partial charge is 0.457 e. The maximum Gasteiger partial charge on any atom is 0.193 e. The summed E-state index contributed by atoms with van der Waals surface area (Å²) in [6, 6.07) is 46.1. The van der Waals surface area contributed by atoms with E-state index in [9.17, 15) is 9.59 Å². The topological polar surface area (TPSA) is 52.6 Å². The molecule has 0 aliphatic rings. The third-order valence-corrected chi connectivity index (χ3v) is 8.79. The van der Waals surface area contributed by atoms with Crippen LogP contribution in [0.15, 0.2) is 146 Å². The number of hydrogen-bond acceptors (Lipinski definition) is 4. The molecule has 0 saturated carbocycles. The fourth-order valence-electron chi connectivity index (χ4n) is 5.60. The summed E-state index contributed by atoms with van der Waals surface area (Å²) >= 11 is 0. The molecule has 238 valence electrons. The maximum absolute atomic E-state index is 12.9. The number of benzene rings is 6. The van der Waals surface area contributed by atoms with E-state index < -0.39 is 0 Å². The Morgan fingerprint density at radius 2 is 0.750 bits per heavy atom. The van der Waals surface area contributed by atoms with Gasteiger partial charge in [-0.2, -0.15) is 0 Å². The van der Waals surface area contributed by atoms with Crippen LogP contribution in [0.25, 0.3) is 0 Å². The number of ketones is 2. The Labute approximate surface area is 282 Å². The highest BCUT2D eigenvalue weighted by Crippen LogP contribution is 2.35. The van der Waals surface area contributed by atoms with Crippen molar-refractivity contribution in [3.63, 3.8) is 0 Å². The molecule has 0 aliphatic heterocycles. The molecule has 0 radical (unpaired) electrons. The van der Waals surface area contributed by atoms with Crippen molar-refractivity contribution in [2.75, 3.05) is 0 Å². The van der Waals surface area contributed by atoms with Crippen LogP contribution in [0.5, 0.6) is 23.0 Å². The van der Waals surface area contributed by atoms with Crippen LogP contribution < -0.4 is 9.47 Å². The predicted molar refractivity (Wildman–Crippen MR) is 192 cm³/mol. The molecule has 6 aromatic carbocycles. The zero-order valence-electron chi connectivity index (χ0n) is 27.7. The fourth-order valence-corrected chi connectivity index (χ4v) is 5.60. The van der Waals surface area contributed by atoms with E-state index >= 15 is 0 Å². The Balaban J connectivity index is 1.06. The highest BCUT2D eigenvalue weighted by molar-refractivity contribution is 6.09. The zero-order chi connectivity index (χ0) is 33.7. The summed E-state index contributed by atoms with van der Waals surface area (Å²) in [6.07, 6.45) is 0.944. The van der Waals surface area contributed by atoms with Gasteiger partial charge in [-0.15, -0.1) is 0 Å². The predicted octanol–water partition coefficient (Wildman–Crippen LogP) is 10.9. The minimum absolute atomic E-state index is 0.00342. The van der Waals surface area contributed by atoms with Gasteiger partial charge in [0.25, 0.3) is 0 Å². The van der Waals surface area contributed by atoms with E-state index in [0.29, 0.717) is 33.8 Å². The first kappa shape index (κ1) is 32.2. The van der Waals surface area contributed by atoms with Crippen LogP contribution in [0.2, 0.25) is 0 Å². The minimum atomic E-state index is -0.258. The van der Waals surface area contributed by atoms with Gasteiger partial charge in [-0.25, -0.2) is 0 Å². The van der Waals surface area contributed by atoms with Gasteiger partial charge in [0.2, 0.25) is 0 Å². The molecule has 0 unspecified atom stereocenters. The quantitative estimate of drug-likeness (QED) is 0.134. The number of carbonyl (C=O) groups is 2. The SMILES string of the molecule is CCc1ccc(C(=O)c2ccc(Oc3ccc(C(C)(C)c4ccc(Oc5ccc(C(=O)c6ccc(C)cc6)cc5)cc4)cc3)cc2)cc1. The second kappa shape index (κ2) is 13.9. The summed E-state index contributed by atoms with van der Waals surface area (Å²) in [5, 5.41) is 0. The van der Waals surface area contributed by atoms with Crippen LogP contribution in [-0.4, -0.2) is 11.6 Å². The van der Waals surface area contributed by atoms with Gasteiger partial charge in [0, 0.05) is 27.7 Å². The first-order valence-electron chi connectivity index (χ1n) is 16.2. The van der Waals surface area contributed by atoms with Crippen LogP contribution >= 0.6 is 0 Å². The summed E-state index contributed by atoms with van der Waals surface area (Å²) < 4.78 is 12.2. The summed E-state index contributed by atoms with van der Waals surface area (Å²) in [6.45, 7) is 8.48. The summed E-state index contributed by atoms with van der Waals surface area (Å²) in [4.78, 5) is 25.7. The lowest BCUT2D eigenvalue weighted by Gasteiger charge is -2.26. The molecular formula is C44H38O4. The van der Waals surface area contributed by atoms with Crippen LogP contribution in [0, 0.1) is 6.92 Å². The molecule has 0 spiro atoms. The maximum atomic E-state index is 12.9. The molecule has 4 nitrogen and oxygen atoms in total. The Hall–Kier alpha value is -5.74. The van der Waals surface area contributed by atoms with Gasteiger partial charge in [-0.3, -0.25) is 9.59 Å². The second-order valence-electron chi connectivity index (χ2n) is 12.5. The van der Waals surface area contributed by atoms with E-state index in [1.165, 1.54) is 5.56 Å². The fraction of sp³-hybridized carbons (Fsp3) is 0.136. The standard InChI is InChI=1S/C44H38O4/c1-5-31-8-12-33(13-9-31)43(46)35-16-24-39(25-17-35)48-41-28-20-37(21-29-41)44(3,4)36-18-26-40(27-19-36)47-38-22-14-34(15-23-38)42(45)32-10-6-30(2)7-11-32/h6-29H,5H2,1-4H3. The van der Waals surface area contributed by atoms with Crippen LogP contribution in [0.1, 0.15) is 74.9 Å². The van der Waals surface area contributed by atoms with E-state index in [4.69, 9.17) is 9.47 Å². The lowest BCUT2D eigenvalue weighted by molar-refractivity contribution is 0.103.